The summed E-state index contributed by atoms with van der Waals surface area (Å²) < 4.78 is 5.37. The van der Waals surface area contributed by atoms with Crippen molar-refractivity contribution in [2.75, 3.05) is 0 Å². The van der Waals surface area contributed by atoms with E-state index in [9.17, 15) is 4.79 Å². The fourth-order valence-electron chi connectivity index (χ4n) is 2.72. The van der Waals surface area contributed by atoms with Gasteiger partial charge in [0, 0.05) is 15.8 Å². The molecule has 0 saturated carbocycles. The highest BCUT2D eigenvalue weighted by atomic mass is 32.1. The van der Waals surface area contributed by atoms with E-state index in [1.54, 1.807) is 28.7 Å². The number of nitrogens with zero attached hydrogens (tertiary/aromatic N) is 1. The van der Waals surface area contributed by atoms with Crippen LogP contribution in [0.4, 0.5) is 0 Å². The highest BCUT2D eigenvalue weighted by Gasteiger charge is 2.20. The van der Waals surface area contributed by atoms with Crippen LogP contribution in [0.1, 0.15) is 34.1 Å². The Morgan fingerprint density at radius 2 is 2.14 bits per heavy atom. The SMILES string of the molecule is O=c1oc(C=Cc2cccs2)nc2sc3c(c12)CCCC3. The molecule has 4 rings (SSSR count). The highest BCUT2D eigenvalue weighted by Crippen LogP contribution is 2.33. The van der Waals surface area contributed by atoms with E-state index in [0.29, 0.717) is 11.3 Å². The molecule has 1 aliphatic carbocycles. The van der Waals surface area contributed by atoms with Crippen LogP contribution in [0.2, 0.25) is 0 Å². The van der Waals surface area contributed by atoms with Crippen molar-refractivity contribution >= 4 is 45.0 Å². The summed E-state index contributed by atoms with van der Waals surface area (Å²) in [6.07, 6.45) is 8.09. The lowest BCUT2D eigenvalue weighted by molar-refractivity contribution is 0.490. The zero-order valence-corrected chi connectivity index (χ0v) is 12.9. The Bertz CT molecular complexity index is 872. The molecular weight excluding hydrogens is 302 g/mol. The van der Waals surface area contributed by atoms with Crippen LogP contribution in [0.25, 0.3) is 22.4 Å². The van der Waals surface area contributed by atoms with Gasteiger partial charge in [0.2, 0.25) is 5.89 Å². The summed E-state index contributed by atoms with van der Waals surface area (Å²) in [6, 6.07) is 4.01. The van der Waals surface area contributed by atoms with Crippen molar-refractivity contribution < 1.29 is 4.42 Å². The molecule has 0 bridgehead atoms. The Morgan fingerprint density at radius 1 is 1.24 bits per heavy atom. The first-order valence-corrected chi connectivity index (χ1v) is 8.68. The molecule has 0 saturated heterocycles. The maximum absolute atomic E-state index is 12.3. The molecule has 1 aliphatic rings. The zero-order valence-electron chi connectivity index (χ0n) is 11.3. The first-order chi connectivity index (χ1) is 10.3. The second-order valence-corrected chi connectivity index (χ2v) is 7.14. The van der Waals surface area contributed by atoms with E-state index in [-0.39, 0.29) is 5.63 Å². The van der Waals surface area contributed by atoms with Crippen LogP contribution in [0.3, 0.4) is 0 Å². The van der Waals surface area contributed by atoms with Gasteiger partial charge in [-0.25, -0.2) is 9.78 Å². The molecule has 106 valence electrons. The fraction of sp³-hybridized carbons (Fsp3) is 0.250. The van der Waals surface area contributed by atoms with Crippen LogP contribution in [0.15, 0.2) is 26.7 Å². The minimum Gasteiger partial charge on any atom is -0.404 e. The van der Waals surface area contributed by atoms with E-state index in [2.05, 4.69) is 4.98 Å². The fourth-order valence-corrected chi connectivity index (χ4v) is 4.59. The normalized spacial score (nSPS) is 14.9. The van der Waals surface area contributed by atoms with E-state index >= 15 is 0 Å². The first-order valence-electron chi connectivity index (χ1n) is 6.98. The van der Waals surface area contributed by atoms with E-state index < -0.39 is 0 Å². The lowest BCUT2D eigenvalue weighted by Crippen LogP contribution is -2.06. The van der Waals surface area contributed by atoms with Gasteiger partial charge in [-0.2, -0.15) is 0 Å². The van der Waals surface area contributed by atoms with Gasteiger partial charge >= 0.3 is 5.63 Å². The Labute approximate surface area is 129 Å². The molecule has 5 heteroatoms. The Balaban J connectivity index is 1.80. The van der Waals surface area contributed by atoms with Crippen LogP contribution in [-0.2, 0) is 12.8 Å². The maximum Gasteiger partial charge on any atom is 0.348 e. The molecule has 3 nitrogen and oxygen atoms in total. The quantitative estimate of drug-likeness (QED) is 0.705. The minimum atomic E-state index is -0.245. The standard InChI is InChI=1S/C16H13NO2S2/c18-16-14-11-5-1-2-6-12(11)21-15(14)17-13(19-16)8-7-10-4-3-9-20-10/h3-4,7-9H,1-2,5-6H2. The van der Waals surface area contributed by atoms with Crippen molar-refractivity contribution in [3.63, 3.8) is 0 Å². The zero-order chi connectivity index (χ0) is 14.2. The van der Waals surface area contributed by atoms with Gasteiger partial charge in [-0.3, -0.25) is 0 Å². The van der Waals surface area contributed by atoms with Gasteiger partial charge in [0.25, 0.3) is 0 Å². The number of fused-ring (bicyclic) bond motifs is 3. The molecule has 0 amide bonds. The number of hydrogen-bond donors (Lipinski definition) is 0. The van der Waals surface area contributed by atoms with Gasteiger partial charge in [0.05, 0.1) is 0 Å². The molecule has 3 heterocycles. The van der Waals surface area contributed by atoms with Gasteiger partial charge in [-0.15, -0.1) is 22.7 Å². The largest absolute Gasteiger partial charge is 0.404 e. The number of thiophene rings is 2. The Morgan fingerprint density at radius 3 is 3.00 bits per heavy atom. The summed E-state index contributed by atoms with van der Waals surface area (Å²) in [6.45, 7) is 0. The van der Waals surface area contributed by atoms with E-state index in [1.807, 2.05) is 23.6 Å². The summed E-state index contributed by atoms with van der Waals surface area (Å²) in [4.78, 5) is 20.0. The molecule has 21 heavy (non-hydrogen) atoms. The average molecular weight is 315 g/mol. The molecule has 0 N–H and O–H groups in total. The minimum absolute atomic E-state index is 0.245. The predicted molar refractivity (Wildman–Crippen MR) is 88.0 cm³/mol. The Kier molecular flexibility index (Phi) is 3.24. The second-order valence-electron chi connectivity index (χ2n) is 5.08. The highest BCUT2D eigenvalue weighted by molar-refractivity contribution is 7.18. The number of aromatic nitrogens is 1. The molecule has 0 spiro atoms. The summed E-state index contributed by atoms with van der Waals surface area (Å²) in [7, 11) is 0. The van der Waals surface area contributed by atoms with Crippen molar-refractivity contribution in [1.29, 1.82) is 0 Å². The number of hydrogen-bond acceptors (Lipinski definition) is 5. The van der Waals surface area contributed by atoms with Crippen LogP contribution in [0.5, 0.6) is 0 Å². The average Bonchev–Trinajstić information content (AvgIpc) is 3.12. The molecule has 0 fully saturated rings. The lowest BCUT2D eigenvalue weighted by Gasteiger charge is -2.09. The predicted octanol–water partition coefficient (Wildman–Crippen LogP) is 4.36. The summed E-state index contributed by atoms with van der Waals surface area (Å²) in [5, 5.41) is 2.72. The van der Waals surface area contributed by atoms with Crippen LogP contribution < -0.4 is 5.63 Å². The number of rotatable bonds is 2. The van der Waals surface area contributed by atoms with Crippen molar-refractivity contribution in [2.24, 2.45) is 0 Å². The van der Waals surface area contributed by atoms with Gasteiger partial charge < -0.3 is 4.42 Å². The summed E-state index contributed by atoms with van der Waals surface area (Å²) >= 11 is 3.29. The maximum atomic E-state index is 12.3. The van der Waals surface area contributed by atoms with Crippen molar-refractivity contribution in [1.82, 2.24) is 4.98 Å². The van der Waals surface area contributed by atoms with Gasteiger partial charge in [0.1, 0.15) is 10.2 Å². The molecule has 0 aromatic carbocycles. The molecular formula is C16H13NO2S2. The smallest absolute Gasteiger partial charge is 0.348 e. The third-order valence-electron chi connectivity index (χ3n) is 3.70. The molecule has 3 aromatic rings. The van der Waals surface area contributed by atoms with Crippen LogP contribution in [0, 0.1) is 0 Å². The number of aryl methyl sites for hydroxylation is 2. The first kappa shape index (κ1) is 13.0. The van der Waals surface area contributed by atoms with Crippen molar-refractivity contribution in [2.45, 2.75) is 25.7 Å². The molecule has 0 radical (unpaired) electrons. The topological polar surface area (TPSA) is 43.1 Å². The lowest BCUT2D eigenvalue weighted by atomic mass is 9.97. The van der Waals surface area contributed by atoms with E-state index in [4.69, 9.17) is 4.42 Å². The molecule has 0 aliphatic heterocycles. The third-order valence-corrected chi connectivity index (χ3v) is 5.72. The summed E-state index contributed by atoms with van der Waals surface area (Å²) in [5.74, 6) is 0.388. The van der Waals surface area contributed by atoms with E-state index in [1.165, 1.54) is 16.9 Å². The van der Waals surface area contributed by atoms with Crippen LogP contribution in [-0.4, -0.2) is 4.98 Å². The van der Waals surface area contributed by atoms with Gasteiger partial charge in [-0.05, 0) is 48.8 Å². The van der Waals surface area contributed by atoms with Gasteiger partial charge in [-0.1, -0.05) is 6.07 Å². The van der Waals surface area contributed by atoms with E-state index in [0.717, 1.165) is 29.0 Å². The molecule has 0 atom stereocenters. The second kappa shape index (κ2) is 5.24. The van der Waals surface area contributed by atoms with Crippen molar-refractivity contribution in [3.05, 3.63) is 49.1 Å². The molecule has 3 aromatic heterocycles. The molecule has 0 unspecified atom stereocenters. The Hall–Kier alpha value is -1.72. The third kappa shape index (κ3) is 2.36. The van der Waals surface area contributed by atoms with Gasteiger partial charge in [0.15, 0.2) is 0 Å². The van der Waals surface area contributed by atoms with Crippen LogP contribution >= 0.6 is 22.7 Å². The monoisotopic (exact) mass is 315 g/mol. The summed E-state index contributed by atoms with van der Waals surface area (Å²) in [5.41, 5.74) is 0.932. The van der Waals surface area contributed by atoms with Crippen molar-refractivity contribution in [3.8, 4) is 0 Å².